The second kappa shape index (κ2) is 6.98. The highest BCUT2D eigenvalue weighted by Gasteiger charge is 1.99. The van der Waals surface area contributed by atoms with E-state index in [0.29, 0.717) is 12.3 Å². The van der Waals surface area contributed by atoms with Gasteiger partial charge in [0.05, 0.1) is 0 Å². The van der Waals surface area contributed by atoms with E-state index in [2.05, 4.69) is 0 Å². The molecule has 0 heterocycles. The molecule has 1 atom stereocenters. The van der Waals surface area contributed by atoms with Gasteiger partial charge < -0.3 is 5.11 Å². The number of hydrogen-bond donors (Lipinski definition) is 1. The Bertz CT molecular complexity index is 155. The minimum atomic E-state index is -0.703. The van der Waals surface area contributed by atoms with Gasteiger partial charge in [-0.3, -0.25) is 4.79 Å². The smallest absolute Gasteiger partial charge is 0.178 e. The van der Waals surface area contributed by atoms with Crippen molar-refractivity contribution in [1.29, 1.82) is 0 Å². The molecule has 0 spiro atoms. The number of aliphatic hydroxyl groups is 1. The molecule has 0 rings (SSSR count). The summed E-state index contributed by atoms with van der Waals surface area (Å²) in [5.41, 5.74) is 0. The van der Waals surface area contributed by atoms with E-state index in [0.717, 1.165) is 12.8 Å². The molecule has 1 N–H and O–H groups in total. The Morgan fingerprint density at radius 2 is 2.25 bits per heavy atom. The number of aliphatic hydroxyl groups excluding tert-OH is 1. The highest BCUT2D eigenvalue weighted by atomic mass is 19.1. The minimum absolute atomic E-state index is 0.168. The maximum atomic E-state index is 12.2. The SMILES string of the molecule is C[C@@H](CCO)CC/C=C(\F)C=O. The summed E-state index contributed by atoms with van der Waals surface area (Å²) in [6, 6.07) is 0. The van der Waals surface area contributed by atoms with Gasteiger partial charge in [-0.1, -0.05) is 6.92 Å². The largest absolute Gasteiger partial charge is 0.396 e. The van der Waals surface area contributed by atoms with Crippen molar-refractivity contribution in [2.75, 3.05) is 6.61 Å². The van der Waals surface area contributed by atoms with Crippen molar-refractivity contribution in [3.63, 3.8) is 0 Å². The van der Waals surface area contributed by atoms with Crippen LogP contribution in [0.1, 0.15) is 26.2 Å². The van der Waals surface area contributed by atoms with Crippen LogP contribution in [0.2, 0.25) is 0 Å². The normalized spacial score (nSPS) is 14.4. The Hall–Kier alpha value is -0.700. The van der Waals surface area contributed by atoms with Gasteiger partial charge in [0.2, 0.25) is 0 Å². The Labute approximate surface area is 72.1 Å². The fourth-order valence-corrected chi connectivity index (χ4v) is 0.919. The topological polar surface area (TPSA) is 37.3 Å². The third kappa shape index (κ3) is 6.04. The molecule has 70 valence electrons. The van der Waals surface area contributed by atoms with Crippen molar-refractivity contribution in [3.05, 3.63) is 11.9 Å². The van der Waals surface area contributed by atoms with Crippen molar-refractivity contribution < 1.29 is 14.3 Å². The number of halogens is 1. The molecule has 0 radical (unpaired) electrons. The van der Waals surface area contributed by atoms with E-state index < -0.39 is 5.83 Å². The number of hydrogen-bond acceptors (Lipinski definition) is 2. The zero-order valence-corrected chi connectivity index (χ0v) is 7.29. The zero-order valence-electron chi connectivity index (χ0n) is 7.29. The summed E-state index contributed by atoms with van der Waals surface area (Å²) in [6.45, 7) is 2.16. The lowest BCUT2D eigenvalue weighted by Crippen LogP contribution is -1.97. The monoisotopic (exact) mass is 174 g/mol. The minimum Gasteiger partial charge on any atom is -0.396 e. The predicted molar refractivity (Wildman–Crippen MR) is 45.4 cm³/mol. The molecule has 0 aromatic carbocycles. The van der Waals surface area contributed by atoms with Gasteiger partial charge in [-0.25, -0.2) is 4.39 Å². The van der Waals surface area contributed by atoms with Gasteiger partial charge in [0.15, 0.2) is 12.1 Å². The van der Waals surface area contributed by atoms with Gasteiger partial charge in [-0.2, -0.15) is 0 Å². The van der Waals surface area contributed by atoms with Crippen LogP contribution >= 0.6 is 0 Å². The van der Waals surface area contributed by atoms with Crippen LogP contribution in [0.3, 0.4) is 0 Å². The lowest BCUT2D eigenvalue weighted by molar-refractivity contribution is -0.106. The molecule has 0 aromatic rings. The van der Waals surface area contributed by atoms with E-state index in [1.807, 2.05) is 6.92 Å². The summed E-state index contributed by atoms with van der Waals surface area (Å²) in [5.74, 6) is -0.322. The van der Waals surface area contributed by atoms with E-state index in [4.69, 9.17) is 5.11 Å². The first-order chi connectivity index (χ1) is 5.70. The molecule has 12 heavy (non-hydrogen) atoms. The zero-order chi connectivity index (χ0) is 9.40. The molecule has 0 saturated carbocycles. The third-order valence-electron chi connectivity index (χ3n) is 1.73. The van der Waals surface area contributed by atoms with Gasteiger partial charge in [0.1, 0.15) is 0 Å². The average Bonchev–Trinajstić information content (AvgIpc) is 2.04. The second-order valence-corrected chi connectivity index (χ2v) is 2.90. The van der Waals surface area contributed by atoms with E-state index in [9.17, 15) is 9.18 Å². The van der Waals surface area contributed by atoms with Gasteiger partial charge in [-0.05, 0) is 31.3 Å². The Morgan fingerprint density at radius 1 is 1.58 bits per heavy atom. The highest BCUT2D eigenvalue weighted by molar-refractivity contribution is 5.69. The molecule has 0 bridgehead atoms. The van der Waals surface area contributed by atoms with E-state index in [-0.39, 0.29) is 12.9 Å². The molecular weight excluding hydrogens is 159 g/mol. The summed E-state index contributed by atoms with van der Waals surface area (Å²) in [6.07, 6.45) is 3.59. The fraction of sp³-hybridized carbons (Fsp3) is 0.667. The van der Waals surface area contributed by atoms with Gasteiger partial charge in [-0.15, -0.1) is 0 Å². The Morgan fingerprint density at radius 3 is 2.75 bits per heavy atom. The van der Waals surface area contributed by atoms with E-state index in [1.165, 1.54) is 6.08 Å². The summed E-state index contributed by atoms with van der Waals surface area (Å²) < 4.78 is 12.2. The molecule has 3 heteroatoms. The van der Waals surface area contributed by atoms with Crippen molar-refractivity contribution in [2.24, 2.45) is 5.92 Å². The number of aldehydes is 1. The second-order valence-electron chi connectivity index (χ2n) is 2.90. The van der Waals surface area contributed by atoms with Crippen molar-refractivity contribution >= 4 is 6.29 Å². The number of rotatable bonds is 6. The van der Waals surface area contributed by atoms with Gasteiger partial charge in [0, 0.05) is 6.61 Å². The Kier molecular flexibility index (Phi) is 6.57. The van der Waals surface area contributed by atoms with Crippen LogP contribution < -0.4 is 0 Å². The number of carbonyl (C=O) groups is 1. The van der Waals surface area contributed by atoms with Crippen LogP contribution in [0.4, 0.5) is 4.39 Å². The molecule has 0 unspecified atom stereocenters. The molecule has 0 aliphatic heterocycles. The van der Waals surface area contributed by atoms with Crippen LogP contribution in [-0.2, 0) is 4.79 Å². The first-order valence-corrected chi connectivity index (χ1v) is 4.12. The van der Waals surface area contributed by atoms with Crippen molar-refractivity contribution in [2.45, 2.75) is 26.2 Å². The van der Waals surface area contributed by atoms with E-state index >= 15 is 0 Å². The molecule has 0 aliphatic rings. The van der Waals surface area contributed by atoms with Crippen LogP contribution in [0.15, 0.2) is 11.9 Å². The van der Waals surface area contributed by atoms with Gasteiger partial charge in [0.25, 0.3) is 0 Å². The van der Waals surface area contributed by atoms with Crippen LogP contribution in [0.25, 0.3) is 0 Å². The molecule has 0 saturated heterocycles. The highest BCUT2D eigenvalue weighted by Crippen LogP contribution is 2.10. The molecule has 2 nitrogen and oxygen atoms in total. The third-order valence-corrected chi connectivity index (χ3v) is 1.73. The first kappa shape index (κ1) is 11.3. The average molecular weight is 174 g/mol. The van der Waals surface area contributed by atoms with Crippen molar-refractivity contribution in [3.8, 4) is 0 Å². The van der Waals surface area contributed by atoms with Crippen molar-refractivity contribution in [1.82, 2.24) is 0 Å². The van der Waals surface area contributed by atoms with E-state index in [1.54, 1.807) is 0 Å². The standard InChI is InChI=1S/C9H15FO2/c1-8(5-6-11)3-2-4-9(10)7-12/h4,7-8,11H,2-3,5-6H2,1H3/b9-4-/t8-/m1/s1. The number of allylic oxidation sites excluding steroid dienone is 2. The quantitative estimate of drug-likeness (QED) is 0.492. The number of carbonyl (C=O) groups excluding carboxylic acids is 1. The molecule has 0 aliphatic carbocycles. The summed E-state index contributed by atoms with van der Waals surface area (Å²) in [7, 11) is 0. The summed E-state index contributed by atoms with van der Waals surface area (Å²) in [4.78, 5) is 9.82. The van der Waals surface area contributed by atoms with Crippen LogP contribution in [0.5, 0.6) is 0 Å². The van der Waals surface area contributed by atoms with Crippen LogP contribution in [0, 0.1) is 5.92 Å². The fourth-order valence-electron chi connectivity index (χ4n) is 0.919. The molecule has 0 amide bonds. The lowest BCUT2D eigenvalue weighted by atomic mass is 10.0. The maximum absolute atomic E-state index is 12.2. The first-order valence-electron chi connectivity index (χ1n) is 4.12. The summed E-state index contributed by atoms with van der Waals surface area (Å²) in [5, 5.41) is 8.55. The Balaban J connectivity index is 3.48. The maximum Gasteiger partial charge on any atom is 0.178 e. The molecular formula is C9H15FO2. The summed E-state index contributed by atoms with van der Waals surface area (Å²) >= 11 is 0. The molecule has 0 fully saturated rings. The lowest BCUT2D eigenvalue weighted by Gasteiger charge is -2.05. The predicted octanol–water partition coefficient (Wildman–Crippen LogP) is 1.84. The van der Waals surface area contributed by atoms with Crippen LogP contribution in [-0.4, -0.2) is 18.0 Å². The van der Waals surface area contributed by atoms with Gasteiger partial charge >= 0.3 is 0 Å². The molecule has 0 aromatic heterocycles.